The van der Waals surface area contributed by atoms with Crippen molar-refractivity contribution in [1.29, 1.82) is 0 Å². The van der Waals surface area contributed by atoms with Crippen molar-refractivity contribution in [3.63, 3.8) is 0 Å². The fourth-order valence-electron chi connectivity index (χ4n) is 4.35. The summed E-state index contributed by atoms with van der Waals surface area (Å²) in [4.78, 5) is 6.89. The summed E-state index contributed by atoms with van der Waals surface area (Å²) in [5, 5.41) is 5.38. The van der Waals surface area contributed by atoms with Gasteiger partial charge in [-0.05, 0) is 68.4 Å². The Bertz CT molecular complexity index is 1080. The van der Waals surface area contributed by atoms with Gasteiger partial charge in [0.25, 0.3) is 0 Å². The Morgan fingerprint density at radius 1 is 1.13 bits per heavy atom. The molecule has 0 aliphatic carbocycles. The molecule has 3 aromatic rings. The molecule has 1 aliphatic rings. The van der Waals surface area contributed by atoms with Gasteiger partial charge in [0, 0.05) is 24.1 Å². The maximum atomic E-state index is 6.56. The number of benzene rings is 1. The van der Waals surface area contributed by atoms with Crippen LogP contribution in [0, 0.1) is 13.8 Å². The molecule has 2 aromatic heterocycles. The quantitative estimate of drug-likeness (QED) is 0.462. The highest BCUT2D eigenvalue weighted by Crippen LogP contribution is 2.42. The number of aryl methyl sites for hydroxylation is 1. The van der Waals surface area contributed by atoms with Gasteiger partial charge in [0.1, 0.15) is 0 Å². The van der Waals surface area contributed by atoms with Crippen molar-refractivity contribution in [2.45, 2.75) is 39.3 Å². The zero-order valence-electron chi connectivity index (χ0n) is 17.2. The van der Waals surface area contributed by atoms with Gasteiger partial charge >= 0.3 is 0 Å². The van der Waals surface area contributed by atoms with Crippen LogP contribution in [-0.4, -0.2) is 26.1 Å². The average Bonchev–Trinajstić information content (AvgIpc) is 3.21. The third-order valence-electron chi connectivity index (χ3n) is 5.62. The Kier molecular flexibility index (Phi) is 6.05. The first-order valence-corrected chi connectivity index (χ1v) is 11.2. The Balaban J connectivity index is 1.86. The van der Waals surface area contributed by atoms with Gasteiger partial charge in [-0.1, -0.05) is 42.3 Å². The monoisotopic (exact) mass is 458 g/mol. The van der Waals surface area contributed by atoms with Gasteiger partial charge < -0.3 is 14.8 Å². The minimum absolute atomic E-state index is 0.0194. The van der Waals surface area contributed by atoms with Gasteiger partial charge in [0.15, 0.2) is 5.11 Å². The van der Waals surface area contributed by atoms with Crippen LogP contribution >= 0.6 is 35.4 Å². The van der Waals surface area contributed by atoms with E-state index in [0.717, 1.165) is 40.8 Å². The predicted molar refractivity (Wildman–Crippen MR) is 128 cm³/mol. The van der Waals surface area contributed by atoms with Gasteiger partial charge in [0.2, 0.25) is 0 Å². The first-order chi connectivity index (χ1) is 14.4. The van der Waals surface area contributed by atoms with E-state index < -0.39 is 0 Å². The topological polar surface area (TPSA) is 33.1 Å². The molecule has 2 atom stereocenters. The third kappa shape index (κ3) is 3.59. The van der Waals surface area contributed by atoms with Crippen LogP contribution in [0.2, 0.25) is 10.0 Å². The average molecular weight is 459 g/mol. The summed E-state index contributed by atoms with van der Waals surface area (Å²) < 4.78 is 2.17. The molecule has 1 fully saturated rings. The second-order valence-corrected chi connectivity index (χ2v) is 8.73. The molecule has 30 heavy (non-hydrogen) atoms. The molecule has 4 rings (SSSR count). The molecule has 1 aliphatic heterocycles. The van der Waals surface area contributed by atoms with Crippen LogP contribution in [-0.2, 0) is 0 Å². The zero-order valence-corrected chi connectivity index (χ0v) is 19.5. The highest BCUT2D eigenvalue weighted by molar-refractivity contribution is 7.80. The molecular formula is C23H24Cl2N4S. The van der Waals surface area contributed by atoms with E-state index in [2.05, 4.69) is 52.7 Å². The van der Waals surface area contributed by atoms with Gasteiger partial charge in [0.05, 0.1) is 33.5 Å². The molecule has 0 radical (unpaired) electrons. The summed E-state index contributed by atoms with van der Waals surface area (Å²) >= 11 is 18.6. The molecule has 0 spiro atoms. The van der Waals surface area contributed by atoms with Gasteiger partial charge in [-0.25, -0.2) is 0 Å². The van der Waals surface area contributed by atoms with Crippen molar-refractivity contribution in [3.8, 4) is 5.69 Å². The van der Waals surface area contributed by atoms with E-state index in [4.69, 9.17) is 35.4 Å². The second-order valence-electron chi connectivity index (χ2n) is 7.55. The lowest BCUT2D eigenvalue weighted by Crippen LogP contribution is -2.30. The molecular weight excluding hydrogens is 435 g/mol. The Hall–Kier alpha value is -2.08. The minimum Gasteiger partial charge on any atom is -0.352 e. The van der Waals surface area contributed by atoms with Crippen LogP contribution in [0.4, 0.5) is 0 Å². The lowest BCUT2D eigenvalue weighted by Gasteiger charge is -2.28. The summed E-state index contributed by atoms with van der Waals surface area (Å²) in [6.07, 6.45) is 2.83. The standard InChI is InChI=1S/C23H24Cl2N4S/c1-4-12-28-22(21(27-23(28)30)18-9-5-6-11-26-18)16-13-14(2)29(15(16)3)19-10-7-8-17(24)20(19)25/h5-11,13,21-22H,4,12H2,1-3H3,(H,27,30)/t21-,22-/m1/s1. The fraction of sp³-hybridized carbons (Fsp3) is 0.304. The highest BCUT2D eigenvalue weighted by atomic mass is 35.5. The molecule has 4 nitrogen and oxygen atoms in total. The number of nitrogens with zero attached hydrogens (tertiary/aromatic N) is 3. The van der Waals surface area contributed by atoms with E-state index in [1.807, 2.05) is 36.5 Å². The first kappa shape index (κ1) is 21.2. The zero-order chi connectivity index (χ0) is 21.4. The van der Waals surface area contributed by atoms with Crippen LogP contribution in [0.5, 0.6) is 0 Å². The number of hydrogen-bond donors (Lipinski definition) is 1. The van der Waals surface area contributed by atoms with Crippen molar-refractivity contribution in [3.05, 3.63) is 81.4 Å². The van der Waals surface area contributed by atoms with Crippen molar-refractivity contribution in [2.75, 3.05) is 6.54 Å². The normalized spacial score (nSPS) is 18.7. The molecule has 0 amide bonds. The van der Waals surface area contributed by atoms with Crippen LogP contribution < -0.4 is 5.32 Å². The first-order valence-electron chi connectivity index (χ1n) is 10.0. The molecule has 1 saturated heterocycles. The van der Waals surface area contributed by atoms with Crippen molar-refractivity contribution >= 4 is 40.5 Å². The minimum atomic E-state index is -0.0194. The Morgan fingerprint density at radius 3 is 2.63 bits per heavy atom. The van der Waals surface area contributed by atoms with Crippen LogP contribution in [0.25, 0.3) is 5.69 Å². The molecule has 0 bridgehead atoms. The molecule has 156 valence electrons. The molecule has 0 unspecified atom stereocenters. The van der Waals surface area contributed by atoms with E-state index >= 15 is 0 Å². The molecule has 1 aromatic carbocycles. The Labute approximate surface area is 192 Å². The summed E-state index contributed by atoms with van der Waals surface area (Å²) in [5.41, 5.74) is 5.29. The van der Waals surface area contributed by atoms with Crippen molar-refractivity contribution in [1.82, 2.24) is 19.8 Å². The lowest BCUT2D eigenvalue weighted by molar-refractivity contribution is 0.316. The molecule has 3 heterocycles. The maximum Gasteiger partial charge on any atom is 0.170 e. The molecule has 0 saturated carbocycles. The van der Waals surface area contributed by atoms with Gasteiger partial charge in [-0.3, -0.25) is 4.98 Å². The number of pyridine rings is 1. The number of aromatic nitrogens is 2. The summed E-state index contributed by atoms with van der Waals surface area (Å²) in [6, 6.07) is 14.0. The SMILES string of the molecule is CCCN1C(=S)N[C@H](c2ccccn2)[C@H]1c1cc(C)n(-c2cccc(Cl)c2Cl)c1C. The van der Waals surface area contributed by atoms with Crippen LogP contribution in [0.3, 0.4) is 0 Å². The van der Waals surface area contributed by atoms with E-state index in [9.17, 15) is 0 Å². The number of halogens is 2. The van der Waals surface area contributed by atoms with Gasteiger partial charge in [-0.15, -0.1) is 0 Å². The van der Waals surface area contributed by atoms with Crippen LogP contribution in [0.1, 0.15) is 48.1 Å². The molecule has 1 N–H and O–H groups in total. The summed E-state index contributed by atoms with van der Waals surface area (Å²) in [7, 11) is 0. The summed E-state index contributed by atoms with van der Waals surface area (Å²) in [6.45, 7) is 7.26. The molecule has 7 heteroatoms. The maximum absolute atomic E-state index is 6.56. The van der Waals surface area contributed by atoms with Crippen molar-refractivity contribution in [2.24, 2.45) is 0 Å². The van der Waals surface area contributed by atoms with E-state index in [1.54, 1.807) is 0 Å². The van der Waals surface area contributed by atoms with Gasteiger partial charge in [-0.2, -0.15) is 0 Å². The second kappa shape index (κ2) is 8.58. The summed E-state index contributed by atoms with van der Waals surface area (Å²) in [5.74, 6) is 0. The number of nitrogens with one attached hydrogen (secondary N) is 1. The Morgan fingerprint density at radius 2 is 1.93 bits per heavy atom. The van der Waals surface area contributed by atoms with Crippen molar-refractivity contribution < 1.29 is 0 Å². The number of thiocarbonyl (C=S) groups is 1. The highest BCUT2D eigenvalue weighted by Gasteiger charge is 2.41. The van der Waals surface area contributed by atoms with E-state index in [1.165, 1.54) is 5.56 Å². The van der Waals surface area contributed by atoms with Crippen LogP contribution in [0.15, 0.2) is 48.7 Å². The largest absolute Gasteiger partial charge is 0.352 e. The third-order valence-corrected chi connectivity index (χ3v) is 6.78. The predicted octanol–water partition coefficient (Wildman–Crippen LogP) is 6.18. The fourth-order valence-corrected chi connectivity index (χ4v) is 5.06. The van der Waals surface area contributed by atoms with E-state index in [-0.39, 0.29) is 12.1 Å². The van der Waals surface area contributed by atoms with E-state index in [0.29, 0.717) is 10.0 Å². The lowest BCUT2D eigenvalue weighted by atomic mass is 9.96. The number of rotatable bonds is 5. The smallest absolute Gasteiger partial charge is 0.170 e. The number of hydrogen-bond acceptors (Lipinski definition) is 2.